The van der Waals surface area contributed by atoms with Gasteiger partial charge in [-0.3, -0.25) is 0 Å². The van der Waals surface area contributed by atoms with Crippen LogP contribution in [0.1, 0.15) is 34.1 Å². The van der Waals surface area contributed by atoms with Crippen molar-refractivity contribution in [3.05, 3.63) is 0 Å². The number of rotatable bonds is 3. The molecular weight excluding hydrogens is 224 g/mol. The number of hydrogen-bond donors (Lipinski definition) is 1. The van der Waals surface area contributed by atoms with Gasteiger partial charge in [0, 0.05) is 6.26 Å². The van der Waals surface area contributed by atoms with Crippen LogP contribution in [0.3, 0.4) is 0 Å². The van der Waals surface area contributed by atoms with Crippen LogP contribution < -0.4 is 0 Å². The average Bonchev–Trinajstić information content (AvgIpc) is 1.97. The molecule has 0 radical (unpaired) electrons. The zero-order chi connectivity index (χ0) is 11.8. The lowest BCUT2D eigenvalue weighted by Gasteiger charge is -2.37. The lowest BCUT2D eigenvalue weighted by molar-refractivity contribution is 0.0469. The summed E-state index contributed by atoms with van der Waals surface area (Å²) in [6.45, 7) is 6.93. The van der Waals surface area contributed by atoms with Gasteiger partial charge in [0.05, 0.1) is 6.10 Å². The van der Waals surface area contributed by atoms with Crippen LogP contribution in [0.15, 0.2) is 0 Å². The van der Waals surface area contributed by atoms with Gasteiger partial charge in [-0.1, -0.05) is 39.3 Å². The van der Waals surface area contributed by atoms with Crippen LogP contribution in [0.4, 0.5) is 0 Å². The molecule has 0 aliphatic heterocycles. The maximum Gasteiger partial charge on any atom is 0.171 e. The summed E-state index contributed by atoms with van der Waals surface area (Å²) in [5, 5.41) is 9.93. The van der Waals surface area contributed by atoms with E-state index in [1.54, 1.807) is 27.7 Å². The van der Waals surface area contributed by atoms with E-state index in [1.165, 1.54) is 0 Å². The maximum absolute atomic E-state index is 11.5. The van der Waals surface area contributed by atoms with Crippen molar-refractivity contribution < 1.29 is 13.5 Å². The van der Waals surface area contributed by atoms with Gasteiger partial charge in [-0.2, -0.15) is 0 Å². The molecule has 0 aromatic carbocycles. The SMILES string of the molecule is CC[C@](Cl)([C@@H](O)C(C)(C)C)S(C)(=O)=O. The molecule has 0 unspecified atom stereocenters. The quantitative estimate of drug-likeness (QED) is 0.768. The molecule has 86 valence electrons. The fourth-order valence-electron chi connectivity index (χ4n) is 1.30. The predicted octanol–water partition coefficient (Wildman–Crippen LogP) is 1.78. The van der Waals surface area contributed by atoms with Gasteiger partial charge in [0.2, 0.25) is 0 Å². The molecular formula is C9H19ClO3S. The van der Waals surface area contributed by atoms with Gasteiger partial charge in [0.15, 0.2) is 14.0 Å². The van der Waals surface area contributed by atoms with Crippen LogP contribution in [-0.2, 0) is 9.84 Å². The van der Waals surface area contributed by atoms with E-state index < -0.39 is 25.6 Å². The Kier molecular flexibility index (Phi) is 4.04. The summed E-state index contributed by atoms with van der Waals surface area (Å²) in [5.74, 6) is 0. The minimum Gasteiger partial charge on any atom is -0.390 e. The van der Waals surface area contributed by atoms with E-state index in [-0.39, 0.29) is 6.42 Å². The molecule has 0 saturated heterocycles. The Balaban J connectivity index is 5.29. The Bertz CT molecular complexity index is 292. The number of aliphatic hydroxyl groups excluding tert-OH is 1. The van der Waals surface area contributed by atoms with Gasteiger partial charge in [0.25, 0.3) is 0 Å². The van der Waals surface area contributed by atoms with Crippen molar-refractivity contribution in [3.63, 3.8) is 0 Å². The highest BCUT2D eigenvalue weighted by atomic mass is 35.5. The van der Waals surface area contributed by atoms with E-state index in [0.29, 0.717) is 0 Å². The van der Waals surface area contributed by atoms with Gasteiger partial charge in [-0.05, 0) is 11.8 Å². The zero-order valence-corrected chi connectivity index (χ0v) is 10.9. The standard InChI is InChI=1S/C9H19ClO3S/c1-6-9(10,14(5,12)13)7(11)8(2,3)4/h7,11H,6H2,1-5H3/t7-,9+/m0/s1. The summed E-state index contributed by atoms with van der Waals surface area (Å²) >= 11 is 6.00. The molecule has 0 rings (SSSR count). The lowest BCUT2D eigenvalue weighted by atomic mass is 9.86. The minimum absolute atomic E-state index is 0.186. The number of aliphatic hydroxyl groups is 1. The Morgan fingerprint density at radius 1 is 1.36 bits per heavy atom. The minimum atomic E-state index is -3.48. The van der Waals surface area contributed by atoms with Crippen LogP contribution in [0.5, 0.6) is 0 Å². The molecule has 0 fully saturated rings. The lowest BCUT2D eigenvalue weighted by Crippen LogP contribution is -2.49. The number of alkyl halides is 1. The largest absolute Gasteiger partial charge is 0.390 e. The van der Waals surface area contributed by atoms with Crippen molar-refractivity contribution in [1.82, 2.24) is 0 Å². The van der Waals surface area contributed by atoms with E-state index in [0.717, 1.165) is 6.26 Å². The Hall–Kier alpha value is 0.200. The van der Waals surface area contributed by atoms with E-state index in [9.17, 15) is 13.5 Å². The Morgan fingerprint density at radius 3 is 1.79 bits per heavy atom. The summed E-state index contributed by atoms with van der Waals surface area (Å²) in [5.41, 5.74) is -0.555. The van der Waals surface area contributed by atoms with Crippen LogP contribution in [0.2, 0.25) is 0 Å². The Labute approximate surface area is 91.4 Å². The van der Waals surface area contributed by atoms with Crippen molar-refractivity contribution in [2.24, 2.45) is 5.41 Å². The Morgan fingerprint density at radius 2 is 1.71 bits per heavy atom. The number of sulfone groups is 1. The first-order valence-corrected chi connectivity index (χ1v) is 6.80. The van der Waals surface area contributed by atoms with Gasteiger partial charge in [0.1, 0.15) is 0 Å². The van der Waals surface area contributed by atoms with Crippen LogP contribution in [-0.4, -0.2) is 30.1 Å². The van der Waals surface area contributed by atoms with Crippen molar-refractivity contribution in [3.8, 4) is 0 Å². The molecule has 14 heavy (non-hydrogen) atoms. The molecule has 5 heteroatoms. The van der Waals surface area contributed by atoms with Crippen LogP contribution >= 0.6 is 11.6 Å². The number of halogens is 1. The molecule has 1 N–H and O–H groups in total. The van der Waals surface area contributed by atoms with E-state index in [1.807, 2.05) is 0 Å². The molecule has 0 aromatic heterocycles. The van der Waals surface area contributed by atoms with Crippen molar-refractivity contribution in [2.45, 2.75) is 44.4 Å². The van der Waals surface area contributed by atoms with Crippen molar-refractivity contribution in [1.29, 1.82) is 0 Å². The number of hydrogen-bond acceptors (Lipinski definition) is 3. The molecule has 0 aliphatic carbocycles. The second-order valence-corrected chi connectivity index (χ2v) is 7.85. The van der Waals surface area contributed by atoms with E-state index in [2.05, 4.69) is 0 Å². The monoisotopic (exact) mass is 242 g/mol. The van der Waals surface area contributed by atoms with Crippen LogP contribution in [0, 0.1) is 5.41 Å². The van der Waals surface area contributed by atoms with Crippen LogP contribution in [0.25, 0.3) is 0 Å². The molecule has 0 aliphatic rings. The first-order valence-electron chi connectivity index (χ1n) is 4.53. The molecule has 0 heterocycles. The molecule has 2 atom stereocenters. The van der Waals surface area contributed by atoms with Crippen molar-refractivity contribution >= 4 is 21.4 Å². The van der Waals surface area contributed by atoms with Gasteiger partial charge < -0.3 is 5.11 Å². The first kappa shape index (κ1) is 14.2. The first-order chi connectivity index (χ1) is 5.97. The summed E-state index contributed by atoms with van der Waals surface area (Å²) in [6, 6.07) is 0. The predicted molar refractivity (Wildman–Crippen MR) is 59.2 cm³/mol. The third-order valence-electron chi connectivity index (χ3n) is 2.33. The zero-order valence-electron chi connectivity index (χ0n) is 9.33. The smallest absolute Gasteiger partial charge is 0.171 e. The van der Waals surface area contributed by atoms with E-state index >= 15 is 0 Å². The molecule has 0 bridgehead atoms. The fourth-order valence-corrected chi connectivity index (χ4v) is 2.92. The molecule has 3 nitrogen and oxygen atoms in total. The van der Waals surface area contributed by atoms with Crippen molar-refractivity contribution in [2.75, 3.05) is 6.26 Å². The summed E-state index contributed by atoms with van der Waals surface area (Å²) < 4.78 is 21.4. The maximum atomic E-state index is 11.5. The third kappa shape index (κ3) is 2.61. The molecule has 0 amide bonds. The average molecular weight is 243 g/mol. The topological polar surface area (TPSA) is 54.4 Å². The second kappa shape index (κ2) is 3.99. The van der Waals surface area contributed by atoms with Gasteiger partial charge in [-0.15, -0.1) is 0 Å². The normalized spacial score (nSPS) is 20.2. The second-order valence-electron chi connectivity index (χ2n) is 4.68. The van der Waals surface area contributed by atoms with E-state index in [4.69, 9.17) is 11.6 Å². The summed E-state index contributed by atoms with van der Waals surface area (Å²) in [4.78, 5) is 0. The third-order valence-corrected chi connectivity index (χ3v) is 5.39. The highest BCUT2D eigenvalue weighted by molar-refractivity contribution is 7.93. The fraction of sp³-hybridized carbons (Fsp3) is 1.00. The van der Waals surface area contributed by atoms with Gasteiger partial charge >= 0.3 is 0 Å². The molecule has 0 aromatic rings. The molecule has 0 saturated carbocycles. The van der Waals surface area contributed by atoms with Gasteiger partial charge in [-0.25, -0.2) is 8.42 Å². The summed E-state index contributed by atoms with van der Waals surface area (Å²) in [6.07, 6.45) is 0.154. The highest BCUT2D eigenvalue weighted by Gasteiger charge is 2.48. The highest BCUT2D eigenvalue weighted by Crippen LogP contribution is 2.38. The molecule has 0 spiro atoms. The summed E-state index contributed by atoms with van der Waals surface area (Å²) in [7, 11) is -3.48.